The van der Waals surface area contributed by atoms with Crippen molar-refractivity contribution in [3.8, 4) is 5.75 Å². The van der Waals surface area contributed by atoms with Crippen LogP contribution < -0.4 is 10.1 Å². The number of benzene rings is 1. The maximum atomic E-state index is 11.4. The lowest BCUT2D eigenvalue weighted by molar-refractivity contribution is -0.146. The fourth-order valence-electron chi connectivity index (χ4n) is 1.46. The van der Waals surface area contributed by atoms with Crippen LogP contribution in [0.4, 0.5) is 0 Å². The minimum atomic E-state index is -1.12. The highest BCUT2D eigenvalue weighted by molar-refractivity contribution is 9.10. The van der Waals surface area contributed by atoms with Gasteiger partial charge in [-0.3, -0.25) is 9.59 Å². The fraction of sp³-hybridized carbons (Fsp3) is 0.385. The maximum Gasteiger partial charge on any atom is 0.315 e. The summed E-state index contributed by atoms with van der Waals surface area (Å²) in [6.07, 6.45) is 0.626. The molecule has 1 amide bonds. The Bertz CT molecular complexity index is 476. The molecule has 1 unspecified atom stereocenters. The van der Waals surface area contributed by atoms with Crippen molar-refractivity contribution < 1.29 is 19.4 Å². The zero-order valence-electron chi connectivity index (χ0n) is 10.8. The lowest BCUT2D eigenvalue weighted by Crippen LogP contribution is -2.34. The van der Waals surface area contributed by atoms with Crippen molar-refractivity contribution >= 4 is 27.8 Å². The Hall–Kier alpha value is -1.56. The molecule has 0 fully saturated rings. The standard InChI is InChI=1S/C13H16BrNO4/c1-8(13(17)18)12(16)15-6-5-9-3-4-11(19-2)10(14)7-9/h3-4,7-8H,5-6H2,1-2H3,(H,15,16)(H,17,18). The van der Waals surface area contributed by atoms with E-state index in [0.717, 1.165) is 15.8 Å². The van der Waals surface area contributed by atoms with Gasteiger partial charge in [0.2, 0.25) is 5.91 Å². The summed E-state index contributed by atoms with van der Waals surface area (Å²) in [6, 6.07) is 5.64. The predicted octanol–water partition coefficient (Wildman–Crippen LogP) is 1.84. The highest BCUT2D eigenvalue weighted by Gasteiger charge is 2.19. The number of carbonyl (C=O) groups excluding carboxylic acids is 1. The van der Waals surface area contributed by atoms with Crippen LogP contribution in [0.25, 0.3) is 0 Å². The first-order chi connectivity index (χ1) is 8.95. The molecule has 0 heterocycles. The van der Waals surface area contributed by atoms with Gasteiger partial charge in [-0.25, -0.2) is 0 Å². The molecular weight excluding hydrogens is 314 g/mol. The molecule has 2 N–H and O–H groups in total. The van der Waals surface area contributed by atoms with Gasteiger partial charge in [0.15, 0.2) is 0 Å². The maximum absolute atomic E-state index is 11.4. The number of carbonyl (C=O) groups is 2. The summed E-state index contributed by atoms with van der Waals surface area (Å²) >= 11 is 3.38. The number of methoxy groups -OCH3 is 1. The van der Waals surface area contributed by atoms with Gasteiger partial charge in [-0.1, -0.05) is 6.07 Å². The number of hydrogen-bond acceptors (Lipinski definition) is 3. The second kappa shape index (κ2) is 7.13. The quantitative estimate of drug-likeness (QED) is 0.781. The molecule has 0 bridgehead atoms. The molecular formula is C13H16BrNO4. The third-order valence-corrected chi connectivity index (χ3v) is 3.31. The van der Waals surface area contributed by atoms with Gasteiger partial charge in [-0.2, -0.15) is 0 Å². The molecule has 0 spiro atoms. The normalized spacial score (nSPS) is 11.7. The molecule has 1 rings (SSSR count). The van der Waals surface area contributed by atoms with Crippen molar-refractivity contribution in [2.45, 2.75) is 13.3 Å². The largest absolute Gasteiger partial charge is 0.496 e. The number of halogens is 1. The van der Waals surface area contributed by atoms with Crippen molar-refractivity contribution in [1.29, 1.82) is 0 Å². The van der Waals surface area contributed by atoms with E-state index in [-0.39, 0.29) is 0 Å². The fourth-order valence-corrected chi connectivity index (χ4v) is 2.05. The summed E-state index contributed by atoms with van der Waals surface area (Å²) < 4.78 is 5.96. The average molecular weight is 330 g/mol. The molecule has 1 aromatic rings. The Morgan fingerprint density at radius 1 is 1.47 bits per heavy atom. The Kier molecular flexibility index (Phi) is 5.82. The van der Waals surface area contributed by atoms with Crippen molar-refractivity contribution in [2.75, 3.05) is 13.7 Å². The zero-order valence-corrected chi connectivity index (χ0v) is 12.4. The number of nitrogens with one attached hydrogen (secondary N) is 1. The molecule has 0 aliphatic heterocycles. The summed E-state index contributed by atoms with van der Waals surface area (Å²) in [6.45, 7) is 1.76. The smallest absolute Gasteiger partial charge is 0.315 e. The van der Waals surface area contributed by atoms with Gasteiger partial charge in [0.05, 0.1) is 11.6 Å². The second-order valence-corrected chi connectivity index (χ2v) is 4.92. The van der Waals surface area contributed by atoms with Crippen molar-refractivity contribution in [3.63, 3.8) is 0 Å². The first-order valence-corrected chi connectivity index (χ1v) is 6.58. The van der Waals surface area contributed by atoms with E-state index in [9.17, 15) is 9.59 Å². The molecule has 0 aliphatic rings. The third-order valence-electron chi connectivity index (χ3n) is 2.69. The molecule has 1 aromatic carbocycles. The summed E-state index contributed by atoms with van der Waals surface area (Å²) in [5.41, 5.74) is 1.02. The number of carboxylic acid groups (broad SMARTS) is 1. The van der Waals surface area contributed by atoms with E-state index in [1.54, 1.807) is 7.11 Å². The minimum absolute atomic E-state index is 0.398. The highest BCUT2D eigenvalue weighted by Crippen LogP contribution is 2.25. The molecule has 6 heteroatoms. The van der Waals surface area contributed by atoms with E-state index in [2.05, 4.69) is 21.2 Å². The highest BCUT2D eigenvalue weighted by atomic mass is 79.9. The van der Waals surface area contributed by atoms with E-state index in [1.165, 1.54) is 6.92 Å². The molecule has 0 aromatic heterocycles. The van der Waals surface area contributed by atoms with Crippen molar-refractivity contribution in [1.82, 2.24) is 5.32 Å². The minimum Gasteiger partial charge on any atom is -0.496 e. The molecule has 0 aliphatic carbocycles. The number of rotatable bonds is 6. The van der Waals surface area contributed by atoms with Crippen LogP contribution in [-0.2, 0) is 16.0 Å². The second-order valence-electron chi connectivity index (χ2n) is 4.07. The average Bonchev–Trinajstić information content (AvgIpc) is 2.37. The van der Waals surface area contributed by atoms with Crippen LogP contribution >= 0.6 is 15.9 Å². The van der Waals surface area contributed by atoms with Crippen LogP contribution in [-0.4, -0.2) is 30.6 Å². The van der Waals surface area contributed by atoms with E-state index in [1.807, 2.05) is 18.2 Å². The Balaban J connectivity index is 2.47. The molecule has 0 radical (unpaired) electrons. The van der Waals surface area contributed by atoms with Gasteiger partial charge in [0.1, 0.15) is 11.7 Å². The van der Waals surface area contributed by atoms with E-state index in [4.69, 9.17) is 9.84 Å². The monoisotopic (exact) mass is 329 g/mol. The van der Waals surface area contributed by atoms with Gasteiger partial charge in [0, 0.05) is 6.54 Å². The van der Waals surface area contributed by atoms with E-state index >= 15 is 0 Å². The summed E-state index contributed by atoms with van der Waals surface area (Å²) in [5.74, 6) is -1.88. The summed E-state index contributed by atoms with van der Waals surface area (Å²) in [4.78, 5) is 22.0. The van der Waals surface area contributed by atoms with Gasteiger partial charge in [-0.15, -0.1) is 0 Å². The number of carboxylic acids is 1. The van der Waals surface area contributed by atoms with Crippen LogP contribution in [0.2, 0.25) is 0 Å². The number of ether oxygens (including phenoxy) is 1. The van der Waals surface area contributed by atoms with E-state index < -0.39 is 17.8 Å². The summed E-state index contributed by atoms with van der Waals surface area (Å²) in [5, 5.41) is 11.3. The van der Waals surface area contributed by atoms with Crippen molar-refractivity contribution in [2.24, 2.45) is 5.92 Å². The first kappa shape index (κ1) is 15.5. The lowest BCUT2D eigenvalue weighted by atomic mass is 10.1. The molecule has 0 saturated heterocycles. The molecule has 1 atom stereocenters. The molecule has 0 saturated carbocycles. The Morgan fingerprint density at radius 3 is 2.68 bits per heavy atom. The molecule has 5 nitrogen and oxygen atoms in total. The number of amides is 1. The first-order valence-electron chi connectivity index (χ1n) is 5.78. The lowest BCUT2D eigenvalue weighted by Gasteiger charge is -2.09. The van der Waals surface area contributed by atoms with Gasteiger partial charge >= 0.3 is 5.97 Å². The van der Waals surface area contributed by atoms with Crippen LogP contribution in [0.15, 0.2) is 22.7 Å². The van der Waals surface area contributed by atoms with Gasteiger partial charge in [0.25, 0.3) is 0 Å². The van der Waals surface area contributed by atoms with Crippen LogP contribution in [0.5, 0.6) is 5.75 Å². The SMILES string of the molecule is COc1ccc(CCNC(=O)C(C)C(=O)O)cc1Br. The van der Waals surface area contributed by atoms with Crippen LogP contribution in [0.1, 0.15) is 12.5 Å². The molecule has 104 valence electrons. The van der Waals surface area contributed by atoms with Crippen LogP contribution in [0, 0.1) is 5.92 Å². The molecule has 19 heavy (non-hydrogen) atoms. The zero-order chi connectivity index (χ0) is 14.4. The van der Waals surface area contributed by atoms with E-state index in [0.29, 0.717) is 13.0 Å². The van der Waals surface area contributed by atoms with Gasteiger partial charge < -0.3 is 15.2 Å². The van der Waals surface area contributed by atoms with Crippen molar-refractivity contribution in [3.05, 3.63) is 28.2 Å². The topological polar surface area (TPSA) is 75.6 Å². The van der Waals surface area contributed by atoms with Gasteiger partial charge in [-0.05, 0) is 47.0 Å². The predicted molar refractivity (Wildman–Crippen MR) is 74.2 cm³/mol. The summed E-state index contributed by atoms with van der Waals surface area (Å²) in [7, 11) is 1.59. The number of aliphatic carboxylic acids is 1. The third kappa shape index (κ3) is 4.55. The Morgan fingerprint density at radius 2 is 2.16 bits per heavy atom. The van der Waals surface area contributed by atoms with Crippen LogP contribution in [0.3, 0.4) is 0 Å². The number of hydrogen-bond donors (Lipinski definition) is 2. The Labute approximate surface area is 120 Å².